The third-order valence-electron chi connectivity index (χ3n) is 3.06. The third-order valence-corrected chi connectivity index (χ3v) is 4.45. The molecule has 5 nitrogen and oxygen atoms in total. The molecule has 0 aliphatic rings. The fourth-order valence-corrected chi connectivity index (χ4v) is 2.94. The van der Waals surface area contributed by atoms with Gasteiger partial charge in [-0.15, -0.1) is 0 Å². The Labute approximate surface area is 126 Å². The maximum atomic E-state index is 13.7. The average Bonchev–Trinajstić information content (AvgIpc) is 2.46. The Bertz CT molecular complexity index is 765. The number of pyridine rings is 1. The third kappa shape index (κ3) is 3.65. The van der Waals surface area contributed by atoms with Crippen molar-refractivity contribution < 1.29 is 22.3 Å². The van der Waals surface area contributed by atoms with Gasteiger partial charge in [-0.1, -0.05) is 6.07 Å². The van der Waals surface area contributed by atoms with Crippen LogP contribution in [0.1, 0.15) is 12.5 Å². The topological polar surface area (TPSA) is 79.3 Å². The van der Waals surface area contributed by atoms with Crippen molar-refractivity contribution >= 4 is 10.0 Å². The van der Waals surface area contributed by atoms with Gasteiger partial charge in [-0.2, -0.15) is 0 Å². The molecule has 0 radical (unpaired) electrons. The van der Waals surface area contributed by atoms with Crippen LogP contribution in [0.3, 0.4) is 0 Å². The van der Waals surface area contributed by atoms with Crippen LogP contribution >= 0.6 is 0 Å². The molecule has 2 rings (SSSR count). The minimum atomic E-state index is -3.89. The number of halogens is 2. The molecule has 0 spiro atoms. The lowest BCUT2D eigenvalue weighted by Gasteiger charge is -2.24. The molecule has 8 heteroatoms. The summed E-state index contributed by atoms with van der Waals surface area (Å²) in [5.41, 5.74) is -2.05. The zero-order valence-electron chi connectivity index (χ0n) is 11.6. The Morgan fingerprint density at radius 1 is 1.32 bits per heavy atom. The highest BCUT2D eigenvalue weighted by Gasteiger charge is 2.29. The monoisotopic (exact) mass is 328 g/mol. The molecule has 0 fully saturated rings. The summed E-state index contributed by atoms with van der Waals surface area (Å²) in [6, 6.07) is 5.47. The van der Waals surface area contributed by atoms with E-state index in [-0.39, 0.29) is 10.5 Å². The van der Waals surface area contributed by atoms with E-state index < -0.39 is 33.8 Å². The van der Waals surface area contributed by atoms with Crippen LogP contribution in [0.15, 0.2) is 47.6 Å². The quantitative estimate of drug-likeness (QED) is 0.873. The van der Waals surface area contributed by atoms with Crippen molar-refractivity contribution in [2.24, 2.45) is 0 Å². The number of sulfonamides is 1. The fraction of sp³-hybridized carbons (Fsp3) is 0.214. The lowest BCUT2D eigenvalue weighted by Crippen LogP contribution is -2.39. The Morgan fingerprint density at radius 2 is 2.05 bits per heavy atom. The average molecular weight is 328 g/mol. The number of nitrogens with zero attached hydrogens (tertiary/aromatic N) is 1. The minimum Gasteiger partial charge on any atom is -0.384 e. The van der Waals surface area contributed by atoms with Crippen molar-refractivity contribution in [2.45, 2.75) is 17.4 Å². The summed E-state index contributed by atoms with van der Waals surface area (Å²) in [7, 11) is -3.89. The highest BCUT2D eigenvalue weighted by molar-refractivity contribution is 7.89. The van der Waals surface area contributed by atoms with Crippen molar-refractivity contribution in [3.05, 3.63) is 59.9 Å². The van der Waals surface area contributed by atoms with Gasteiger partial charge in [0.25, 0.3) is 0 Å². The van der Waals surface area contributed by atoms with E-state index in [1.165, 1.54) is 25.3 Å². The summed E-state index contributed by atoms with van der Waals surface area (Å²) in [5.74, 6) is -1.74. The first kappa shape index (κ1) is 16.5. The second kappa shape index (κ2) is 6.07. The molecule has 2 aromatic rings. The Morgan fingerprint density at radius 3 is 2.64 bits per heavy atom. The van der Waals surface area contributed by atoms with Gasteiger partial charge >= 0.3 is 0 Å². The minimum absolute atomic E-state index is 0.0784. The summed E-state index contributed by atoms with van der Waals surface area (Å²) >= 11 is 0. The summed E-state index contributed by atoms with van der Waals surface area (Å²) in [6.07, 6.45) is 2.57. The Hall–Kier alpha value is -1.90. The molecule has 1 atom stereocenters. The van der Waals surface area contributed by atoms with E-state index in [9.17, 15) is 22.3 Å². The number of aromatic nitrogens is 1. The maximum absolute atomic E-state index is 13.7. The second-order valence-electron chi connectivity index (χ2n) is 4.91. The van der Waals surface area contributed by atoms with Crippen molar-refractivity contribution in [1.82, 2.24) is 9.71 Å². The lowest BCUT2D eigenvalue weighted by atomic mass is 9.96. The Kier molecular flexibility index (Phi) is 4.55. The molecule has 118 valence electrons. The van der Waals surface area contributed by atoms with E-state index in [1.54, 1.807) is 0 Å². The number of hydrogen-bond donors (Lipinski definition) is 2. The largest absolute Gasteiger partial charge is 0.384 e. The summed E-state index contributed by atoms with van der Waals surface area (Å²) in [5, 5.41) is 10.3. The molecule has 0 aliphatic heterocycles. The van der Waals surface area contributed by atoms with Crippen molar-refractivity contribution in [3.63, 3.8) is 0 Å². The summed E-state index contributed by atoms with van der Waals surface area (Å²) in [6.45, 7) is 0.752. The van der Waals surface area contributed by atoms with Crippen LogP contribution in [0, 0.1) is 11.6 Å². The normalized spacial score (nSPS) is 14.5. The van der Waals surface area contributed by atoms with Crippen LogP contribution in [0.2, 0.25) is 0 Å². The fourth-order valence-electron chi connectivity index (χ4n) is 1.85. The van der Waals surface area contributed by atoms with Gasteiger partial charge in [-0.05, 0) is 25.1 Å². The molecule has 1 aromatic heterocycles. The van der Waals surface area contributed by atoms with Crippen LogP contribution in [0.25, 0.3) is 0 Å². The van der Waals surface area contributed by atoms with Gasteiger partial charge in [0.1, 0.15) is 22.1 Å². The van der Waals surface area contributed by atoms with Gasteiger partial charge in [-0.25, -0.2) is 21.9 Å². The predicted octanol–water partition coefficient (Wildman–Crippen LogP) is 1.55. The molecular formula is C14H14F2N2O3S. The molecule has 1 unspecified atom stereocenters. The zero-order chi connectivity index (χ0) is 16.4. The Balaban J connectivity index is 2.19. The van der Waals surface area contributed by atoms with Crippen LogP contribution in [-0.4, -0.2) is 25.1 Å². The van der Waals surface area contributed by atoms with Crippen LogP contribution in [0.4, 0.5) is 8.78 Å². The van der Waals surface area contributed by atoms with E-state index in [2.05, 4.69) is 9.71 Å². The number of aliphatic hydroxyl groups is 1. The molecule has 0 saturated heterocycles. The van der Waals surface area contributed by atoms with Gasteiger partial charge in [-0.3, -0.25) is 4.98 Å². The highest BCUT2D eigenvalue weighted by atomic mass is 32.2. The second-order valence-corrected chi connectivity index (χ2v) is 6.68. The molecule has 1 heterocycles. The van der Waals surface area contributed by atoms with E-state index in [1.807, 2.05) is 0 Å². The van der Waals surface area contributed by atoms with Gasteiger partial charge < -0.3 is 5.11 Å². The van der Waals surface area contributed by atoms with Gasteiger partial charge in [0.05, 0.1) is 0 Å². The molecule has 1 aromatic carbocycles. The molecule has 0 saturated carbocycles. The number of hydrogen-bond acceptors (Lipinski definition) is 4. The van der Waals surface area contributed by atoms with Crippen LogP contribution < -0.4 is 4.72 Å². The van der Waals surface area contributed by atoms with Gasteiger partial charge in [0.15, 0.2) is 0 Å². The molecule has 0 amide bonds. The SMILES string of the molecule is CC(O)(CNS(=O)(=O)c1cccnc1)c1ccc(F)cc1F. The van der Waals surface area contributed by atoms with E-state index in [0.29, 0.717) is 6.07 Å². The van der Waals surface area contributed by atoms with Gasteiger partial charge in [0.2, 0.25) is 10.0 Å². The molecule has 0 aliphatic carbocycles. The molecule has 22 heavy (non-hydrogen) atoms. The van der Waals surface area contributed by atoms with Gasteiger partial charge in [0, 0.05) is 30.6 Å². The first-order valence-electron chi connectivity index (χ1n) is 6.30. The van der Waals surface area contributed by atoms with Crippen molar-refractivity contribution in [3.8, 4) is 0 Å². The highest BCUT2D eigenvalue weighted by Crippen LogP contribution is 2.24. The summed E-state index contributed by atoms with van der Waals surface area (Å²) in [4.78, 5) is 3.62. The zero-order valence-corrected chi connectivity index (χ0v) is 12.4. The van der Waals surface area contributed by atoms with Crippen LogP contribution in [0.5, 0.6) is 0 Å². The summed E-state index contributed by atoms with van der Waals surface area (Å²) < 4.78 is 52.8. The molecule has 0 bridgehead atoms. The lowest BCUT2D eigenvalue weighted by molar-refractivity contribution is 0.0588. The standard InChI is InChI=1S/C14H14F2N2O3S/c1-14(19,12-5-4-10(15)7-13(12)16)9-18-22(20,21)11-3-2-6-17-8-11/h2-8,18-19H,9H2,1H3. The first-order chi connectivity index (χ1) is 10.2. The van der Waals surface area contributed by atoms with E-state index >= 15 is 0 Å². The predicted molar refractivity (Wildman–Crippen MR) is 75.4 cm³/mol. The number of benzene rings is 1. The maximum Gasteiger partial charge on any atom is 0.242 e. The van der Waals surface area contributed by atoms with Crippen molar-refractivity contribution in [2.75, 3.05) is 6.54 Å². The van der Waals surface area contributed by atoms with Crippen molar-refractivity contribution in [1.29, 1.82) is 0 Å². The first-order valence-corrected chi connectivity index (χ1v) is 7.78. The molecule has 2 N–H and O–H groups in total. The smallest absolute Gasteiger partial charge is 0.242 e. The number of nitrogens with one attached hydrogen (secondary N) is 1. The van der Waals surface area contributed by atoms with E-state index in [0.717, 1.165) is 18.3 Å². The van der Waals surface area contributed by atoms with Crippen LogP contribution in [-0.2, 0) is 15.6 Å². The van der Waals surface area contributed by atoms with E-state index in [4.69, 9.17) is 0 Å². The molecular weight excluding hydrogens is 314 g/mol. The number of rotatable bonds is 5.